The van der Waals surface area contributed by atoms with Gasteiger partial charge in [-0.3, -0.25) is 20.0 Å². The van der Waals surface area contributed by atoms with Crippen molar-refractivity contribution in [3.63, 3.8) is 0 Å². The fraction of sp³-hybridized carbons (Fsp3) is 0.444. The van der Waals surface area contributed by atoms with Gasteiger partial charge in [-0.2, -0.15) is 0 Å². The van der Waals surface area contributed by atoms with Crippen molar-refractivity contribution in [2.75, 3.05) is 25.5 Å². The minimum absolute atomic E-state index is 0.00658. The minimum Gasteiger partial charge on any atom is -0.392 e. The number of carbonyl (C=O) groups excluding carboxylic acids is 2. The van der Waals surface area contributed by atoms with E-state index in [0.717, 1.165) is 25.1 Å². The van der Waals surface area contributed by atoms with E-state index in [9.17, 15) is 14.7 Å². The molecule has 0 aliphatic carbocycles. The number of aliphatic hydroxyl groups is 1. The van der Waals surface area contributed by atoms with E-state index < -0.39 is 11.6 Å². The number of benzene rings is 1. The van der Waals surface area contributed by atoms with E-state index in [1.165, 1.54) is 5.56 Å². The number of hydrazine groups is 1. The van der Waals surface area contributed by atoms with Crippen LogP contribution in [0.5, 0.6) is 0 Å². The molecule has 2 atom stereocenters. The predicted molar refractivity (Wildman–Crippen MR) is 139 cm³/mol. The van der Waals surface area contributed by atoms with Crippen molar-refractivity contribution in [3.05, 3.63) is 71.1 Å². The highest BCUT2D eigenvalue weighted by atomic mass is 16.3. The molecule has 9 nitrogen and oxygen atoms in total. The lowest BCUT2D eigenvalue weighted by Gasteiger charge is -2.46. The quantitative estimate of drug-likeness (QED) is 0.419. The number of pyridine rings is 1. The molecule has 5 N–H and O–H groups in total. The molecule has 36 heavy (non-hydrogen) atoms. The van der Waals surface area contributed by atoms with E-state index in [4.69, 9.17) is 0 Å². The molecule has 2 amide bonds. The number of piperidine rings is 1. The second-order valence-corrected chi connectivity index (χ2v) is 10.6. The number of hydrogen-bond donors (Lipinski definition) is 5. The first-order chi connectivity index (χ1) is 17.1. The zero-order valence-electron chi connectivity index (χ0n) is 21.4. The van der Waals surface area contributed by atoms with Crippen LogP contribution in [0.15, 0.2) is 54.4 Å². The van der Waals surface area contributed by atoms with Crippen molar-refractivity contribution in [3.8, 4) is 0 Å². The summed E-state index contributed by atoms with van der Waals surface area (Å²) in [7, 11) is 1.79. The second-order valence-electron chi connectivity index (χ2n) is 10.6. The van der Waals surface area contributed by atoms with Gasteiger partial charge in [-0.1, -0.05) is 39.0 Å². The Hall–Kier alpha value is -3.43. The molecule has 1 aromatic heterocycles. The van der Waals surface area contributed by atoms with Crippen LogP contribution in [0.2, 0.25) is 0 Å². The highest BCUT2D eigenvalue weighted by molar-refractivity contribution is 5.95. The predicted octanol–water partition coefficient (Wildman–Crippen LogP) is 2.06. The molecule has 1 aromatic carbocycles. The molecular weight excluding hydrogens is 456 g/mol. The van der Waals surface area contributed by atoms with Gasteiger partial charge in [-0.25, -0.2) is 4.98 Å². The number of amides is 2. The molecule has 2 aromatic rings. The monoisotopic (exact) mass is 492 g/mol. The average Bonchev–Trinajstić information content (AvgIpc) is 2.86. The molecule has 4 rings (SSSR count). The SMILES string of the molecule is CN1NC(=O)C(Nc2ccc(CO)cn2)C=C1[C@@]1(NC(=O)c2ccc(C(C)(C)C)cc2)CCCNC1. The lowest BCUT2D eigenvalue weighted by atomic mass is 9.84. The summed E-state index contributed by atoms with van der Waals surface area (Å²) >= 11 is 0. The van der Waals surface area contributed by atoms with Crippen LogP contribution in [-0.2, 0) is 16.8 Å². The maximum atomic E-state index is 13.4. The van der Waals surface area contributed by atoms with Crippen LogP contribution in [0.1, 0.15) is 55.1 Å². The van der Waals surface area contributed by atoms with Crippen LogP contribution in [-0.4, -0.2) is 58.6 Å². The van der Waals surface area contributed by atoms with Gasteiger partial charge in [0.25, 0.3) is 11.8 Å². The van der Waals surface area contributed by atoms with E-state index in [0.29, 0.717) is 23.5 Å². The number of likely N-dealkylation sites (N-methyl/N-ethyl adjacent to an activating group) is 1. The average molecular weight is 493 g/mol. The Morgan fingerprint density at radius 2 is 1.97 bits per heavy atom. The highest BCUT2D eigenvalue weighted by Crippen LogP contribution is 2.30. The normalized spacial score (nSPS) is 22.5. The van der Waals surface area contributed by atoms with Crippen molar-refractivity contribution in [1.29, 1.82) is 0 Å². The molecule has 1 saturated heterocycles. The Bertz CT molecular complexity index is 1120. The van der Waals surface area contributed by atoms with Gasteiger partial charge in [0, 0.05) is 25.4 Å². The largest absolute Gasteiger partial charge is 0.392 e. The van der Waals surface area contributed by atoms with Gasteiger partial charge in [0.1, 0.15) is 11.9 Å². The van der Waals surface area contributed by atoms with Crippen molar-refractivity contribution in [2.24, 2.45) is 0 Å². The summed E-state index contributed by atoms with van der Waals surface area (Å²) in [5.41, 5.74) is 5.46. The first-order valence-electron chi connectivity index (χ1n) is 12.3. The standard InChI is InChI=1S/C27H36N6O3/c1-26(2,3)20-9-7-19(8-10-20)24(35)31-27(12-5-13-28-17-27)22-14-21(25(36)32-33(22)4)30-23-11-6-18(16-34)15-29-23/h6-11,14-15,21,28,34H,5,12-13,16-17H2,1-4H3,(H,29,30)(H,31,35)(H,32,36)/t21?,27-/m1/s1. The zero-order chi connectivity index (χ0) is 25.9. The maximum absolute atomic E-state index is 13.4. The Balaban J connectivity index is 1.61. The van der Waals surface area contributed by atoms with Gasteiger partial charge in [0.05, 0.1) is 17.8 Å². The van der Waals surface area contributed by atoms with Gasteiger partial charge in [-0.05, 0) is 60.2 Å². The van der Waals surface area contributed by atoms with Gasteiger partial charge in [-0.15, -0.1) is 0 Å². The van der Waals surface area contributed by atoms with Crippen molar-refractivity contribution in [1.82, 2.24) is 26.1 Å². The van der Waals surface area contributed by atoms with Crippen molar-refractivity contribution in [2.45, 2.75) is 57.2 Å². The van der Waals surface area contributed by atoms with Gasteiger partial charge in [0.2, 0.25) is 0 Å². The summed E-state index contributed by atoms with van der Waals surface area (Å²) < 4.78 is 0. The summed E-state index contributed by atoms with van der Waals surface area (Å²) in [6.45, 7) is 7.74. The molecular formula is C27H36N6O3. The Kier molecular flexibility index (Phi) is 7.33. The maximum Gasteiger partial charge on any atom is 0.265 e. The van der Waals surface area contributed by atoms with E-state index >= 15 is 0 Å². The van der Waals surface area contributed by atoms with Crippen LogP contribution in [0.4, 0.5) is 5.82 Å². The van der Waals surface area contributed by atoms with Crippen LogP contribution in [0.25, 0.3) is 0 Å². The molecule has 9 heteroatoms. The second kappa shape index (κ2) is 10.3. The molecule has 1 fully saturated rings. The Morgan fingerprint density at radius 3 is 2.56 bits per heavy atom. The van der Waals surface area contributed by atoms with Gasteiger partial charge >= 0.3 is 0 Å². The third-order valence-corrected chi connectivity index (χ3v) is 6.80. The zero-order valence-corrected chi connectivity index (χ0v) is 21.4. The fourth-order valence-electron chi connectivity index (χ4n) is 4.70. The third kappa shape index (κ3) is 5.52. The van der Waals surface area contributed by atoms with Crippen molar-refractivity contribution < 1.29 is 14.7 Å². The van der Waals surface area contributed by atoms with E-state index in [-0.39, 0.29) is 23.8 Å². The number of aromatic nitrogens is 1. The number of aliphatic hydroxyl groups excluding tert-OH is 1. The molecule has 3 heterocycles. The minimum atomic E-state index is -0.700. The number of carbonyl (C=O) groups is 2. The number of rotatable bonds is 6. The van der Waals surface area contributed by atoms with Gasteiger partial charge in [0.15, 0.2) is 0 Å². The third-order valence-electron chi connectivity index (χ3n) is 6.80. The molecule has 0 bridgehead atoms. The lowest BCUT2D eigenvalue weighted by molar-refractivity contribution is -0.125. The van der Waals surface area contributed by atoms with Crippen LogP contribution in [0, 0.1) is 0 Å². The molecule has 2 aliphatic heterocycles. The summed E-state index contributed by atoms with van der Waals surface area (Å²) in [4.78, 5) is 30.5. The van der Waals surface area contributed by atoms with Crippen LogP contribution >= 0.6 is 0 Å². The van der Waals surface area contributed by atoms with Gasteiger partial charge < -0.3 is 21.1 Å². The summed E-state index contributed by atoms with van der Waals surface area (Å²) in [6, 6.07) is 10.5. The van der Waals surface area contributed by atoms with E-state index in [1.54, 1.807) is 30.4 Å². The summed E-state index contributed by atoms with van der Waals surface area (Å²) in [5.74, 6) is 0.139. The number of nitrogens with one attached hydrogen (secondary N) is 4. The molecule has 2 aliphatic rings. The molecule has 0 spiro atoms. The molecule has 0 saturated carbocycles. The number of anilines is 1. The van der Waals surface area contributed by atoms with E-state index in [1.807, 2.05) is 30.3 Å². The molecule has 1 unspecified atom stereocenters. The smallest absolute Gasteiger partial charge is 0.265 e. The number of hydrogen-bond acceptors (Lipinski definition) is 7. The van der Waals surface area contributed by atoms with Crippen LogP contribution < -0.4 is 21.4 Å². The lowest BCUT2D eigenvalue weighted by Crippen LogP contribution is -2.65. The highest BCUT2D eigenvalue weighted by Gasteiger charge is 2.42. The van der Waals surface area contributed by atoms with Crippen LogP contribution in [0.3, 0.4) is 0 Å². The first-order valence-corrected chi connectivity index (χ1v) is 12.3. The Labute approximate surface area is 212 Å². The van der Waals surface area contributed by atoms with Crippen molar-refractivity contribution >= 4 is 17.6 Å². The topological polar surface area (TPSA) is 119 Å². The Morgan fingerprint density at radius 1 is 1.22 bits per heavy atom. The summed E-state index contributed by atoms with van der Waals surface area (Å²) in [5, 5.41) is 20.8. The van der Waals surface area contributed by atoms with E-state index in [2.05, 4.69) is 47.1 Å². The first kappa shape index (κ1) is 25.7. The summed E-state index contributed by atoms with van der Waals surface area (Å²) in [6.07, 6.45) is 5.03. The molecule has 192 valence electrons. The fourth-order valence-corrected chi connectivity index (χ4v) is 4.70. The number of nitrogens with zero attached hydrogens (tertiary/aromatic N) is 2. The molecule has 0 radical (unpaired) electrons.